The van der Waals surface area contributed by atoms with Gasteiger partial charge < -0.3 is 25.0 Å². The van der Waals surface area contributed by atoms with Gasteiger partial charge in [-0.3, -0.25) is 9.59 Å². The van der Waals surface area contributed by atoms with E-state index in [1.165, 1.54) is 26.2 Å². The summed E-state index contributed by atoms with van der Waals surface area (Å²) >= 11 is 0. The van der Waals surface area contributed by atoms with E-state index < -0.39 is 21.8 Å². The van der Waals surface area contributed by atoms with Crippen molar-refractivity contribution in [3.63, 3.8) is 0 Å². The molecule has 0 radical (unpaired) electrons. The fourth-order valence-corrected chi connectivity index (χ4v) is 4.34. The Morgan fingerprint density at radius 1 is 1.09 bits per heavy atom. The molecule has 1 fully saturated rings. The molecule has 2 amide bonds. The zero-order valence-corrected chi connectivity index (χ0v) is 20.4. The summed E-state index contributed by atoms with van der Waals surface area (Å²) < 4.78 is 37.1. The summed E-state index contributed by atoms with van der Waals surface area (Å²) in [7, 11) is -0.886. The molecule has 10 nitrogen and oxygen atoms in total. The first-order valence-electron chi connectivity index (χ1n) is 10.9. The molecule has 0 aromatic heterocycles. The van der Waals surface area contributed by atoms with Crippen LogP contribution in [-0.2, 0) is 19.6 Å². The van der Waals surface area contributed by atoms with Crippen LogP contribution >= 0.6 is 0 Å². The number of sulfonamides is 1. The molecule has 2 aromatic rings. The number of anilines is 2. The normalized spacial score (nSPS) is 14.1. The zero-order chi connectivity index (χ0) is 24.7. The third kappa shape index (κ3) is 6.25. The third-order valence-corrected chi connectivity index (χ3v) is 7.01. The molecule has 1 aliphatic heterocycles. The molecule has 184 valence electrons. The average Bonchev–Trinajstić information content (AvgIpc) is 2.84. The van der Waals surface area contributed by atoms with Gasteiger partial charge in [0.1, 0.15) is 5.75 Å². The van der Waals surface area contributed by atoms with E-state index in [1.54, 1.807) is 30.3 Å². The SMILES string of the molecule is CCOc1ccc(NC(=O)CNC(=O)c2cc(S(=O)(=O)N(C)C)ccc2N2CCOCC2)cc1. The van der Waals surface area contributed by atoms with Gasteiger partial charge in [-0.1, -0.05) is 0 Å². The first-order valence-corrected chi connectivity index (χ1v) is 12.4. The summed E-state index contributed by atoms with van der Waals surface area (Å²) in [5.41, 5.74) is 1.33. The molecule has 1 saturated heterocycles. The van der Waals surface area contributed by atoms with Crippen LogP contribution in [0.3, 0.4) is 0 Å². The minimum absolute atomic E-state index is 0.00139. The number of carbonyl (C=O) groups is 2. The van der Waals surface area contributed by atoms with Gasteiger partial charge in [0.25, 0.3) is 5.91 Å². The van der Waals surface area contributed by atoms with Crippen molar-refractivity contribution in [2.75, 3.05) is 63.8 Å². The fraction of sp³-hybridized carbons (Fsp3) is 0.391. The third-order valence-electron chi connectivity index (χ3n) is 5.20. The second kappa shape index (κ2) is 11.3. The molecule has 1 aliphatic rings. The molecule has 34 heavy (non-hydrogen) atoms. The predicted molar refractivity (Wildman–Crippen MR) is 129 cm³/mol. The lowest BCUT2D eigenvalue weighted by Crippen LogP contribution is -2.39. The van der Waals surface area contributed by atoms with Gasteiger partial charge in [-0.05, 0) is 49.4 Å². The number of morpholine rings is 1. The topological polar surface area (TPSA) is 117 Å². The van der Waals surface area contributed by atoms with E-state index in [1.807, 2.05) is 11.8 Å². The standard InChI is InChI=1S/C23H30N4O6S/c1-4-33-18-7-5-17(6-8-18)25-22(28)16-24-23(29)20-15-19(34(30,31)26(2)3)9-10-21(20)27-11-13-32-14-12-27/h5-10,15H,4,11-14,16H2,1-3H3,(H,24,29)(H,25,28). The van der Waals surface area contributed by atoms with E-state index >= 15 is 0 Å². The Kier molecular flexibility index (Phi) is 8.48. The van der Waals surface area contributed by atoms with Crippen molar-refractivity contribution in [1.29, 1.82) is 0 Å². The summed E-state index contributed by atoms with van der Waals surface area (Å²) in [6.07, 6.45) is 0. The van der Waals surface area contributed by atoms with Crippen molar-refractivity contribution >= 4 is 33.2 Å². The van der Waals surface area contributed by atoms with Crippen LogP contribution in [0, 0.1) is 0 Å². The van der Waals surface area contributed by atoms with E-state index in [9.17, 15) is 18.0 Å². The van der Waals surface area contributed by atoms with Gasteiger partial charge in [-0.25, -0.2) is 12.7 Å². The number of ether oxygens (including phenoxy) is 2. The van der Waals surface area contributed by atoms with Gasteiger partial charge in [0, 0.05) is 38.6 Å². The lowest BCUT2D eigenvalue weighted by molar-refractivity contribution is -0.115. The highest BCUT2D eigenvalue weighted by Gasteiger charge is 2.24. The van der Waals surface area contributed by atoms with Crippen molar-refractivity contribution < 1.29 is 27.5 Å². The van der Waals surface area contributed by atoms with Gasteiger partial charge in [0.05, 0.1) is 36.8 Å². The summed E-state index contributed by atoms with van der Waals surface area (Å²) in [4.78, 5) is 27.4. The zero-order valence-electron chi connectivity index (χ0n) is 19.5. The van der Waals surface area contributed by atoms with Crippen LogP contribution in [0.15, 0.2) is 47.4 Å². The molecule has 2 N–H and O–H groups in total. The van der Waals surface area contributed by atoms with Crippen LogP contribution in [0.2, 0.25) is 0 Å². The number of hydrogen-bond acceptors (Lipinski definition) is 7. The van der Waals surface area contributed by atoms with E-state index in [4.69, 9.17) is 9.47 Å². The Morgan fingerprint density at radius 2 is 1.76 bits per heavy atom. The maximum Gasteiger partial charge on any atom is 0.253 e. The van der Waals surface area contributed by atoms with Crippen LogP contribution in [-0.4, -0.2) is 78.1 Å². The second-order valence-corrected chi connectivity index (χ2v) is 9.91. The largest absolute Gasteiger partial charge is 0.494 e. The highest BCUT2D eigenvalue weighted by Crippen LogP contribution is 2.26. The van der Waals surface area contributed by atoms with Crippen LogP contribution in [0.1, 0.15) is 17.3 Å². The number of benzene rings is 2. The number of amides is 2. The molecule has 0 spiro atoms. The van der Waals surface area contributed by atoms with Crippen molar-refractivity contribution in [2.45, 2.75) is 11.8 Å². The number of rotatable bonds is 9. The van der Waals surface area contributed by atoms with Crippen molar-refractivity contribution in [1.82, 2.24) is 9.62 Å². The van der Waals surface area contributed by atoms with Gasteiger partial charge in [-0.15, -0.1) is 0 Å². The molecule has 3 rings (SSSR count). The number of carbonyl (C=O) groups excluding carboxylic acids is 2. The van der Waals surface area contributed by atoms with Crippen LogP contribution in [0.5, 0.6) is 5.75 Å². The minimum atomic E-state index is -3.74. The first kappa shape index (κ1) is 25.5. The number of nitrogens with zero attached hydrogens (tertiary/aromatic N) is 2. The summed E-state index contributed by atoms with van der Waals surface area (Å²) in [5, 5.41) is 5.30. The number of nitrogens with one attached hydrogen (secondary N) is 2. The Labute approximate surface area is 199 Å². The molecule has 0 atom stereocenters. The Morgan fingerprint density at radius 3 is 2.38 bits per heavy atom. The molecular weight excluding hydrogens is 460 g/mol. The number of hydrogen-bond donors (Lipinski definition) is 2. The Balaban J connectivity index is 1.75. The summed E-state index contributed by atoms with van der Waals surface area (Å²) in [5.74, 6) is -0.265. The molecule has 0 aliphatic carbocycles. The Bertz CT molecular complexity index is 1110. The van der Waals surface area contributed by atoms with E-state index in [0.29, 0.717) is 50.0 Å². The molecule has 0 unspecified atom stereocenters. The maximum atomic E-state index is 13.1. The van der Waals surface area contributed by atoms with E-state index in [2.05, 4.69) is 10.6 Å². The smallest absolute Gasteiger partial charge is 0.253 e. The highest BCUT2D eigenvalue weighted by atomic mass is 32.2. The highest BCUT2D eigenvalue weighted by molar-refractivity contribution is 7.89. The molecule has 11 heteroatoms. The van der Waals surface area contributed by atoms with Gasteiger partial charge in [0.2, 0.25) is 15.9 Å². The lowest BCUT2D eigenvalue weighted by atomic mass is 10.1. The summed E-state index contributed by atoms with van der Waals surface area (Å²) in [6.45, 7) is 4.29. The predicted octanol–water partition coefficient (Wildman–Crippen LogP) is 1.54. The molecule has 0 saturated carbocycles. The molecule has 1 heterocycles. The molecule has 0 bridgehead atoms. The minimum Gasteiger partial charge on any atom is -0.494 e. The van der Waals surface area contributed by atoms with Crippen molar-refractivity contribution in [2.24, 2.45) is 0 Å². The fourth-order valence-electron chi connectivity index (χ4n) is 3.41. The Hall–Kier alpha value is -3.15. The van der Waals surface area contributed by atoms with Crippen molar-refractivity contribution in [3.05, 3.63) is 48.0 Å². The molecular formula is C23H30N4O6S. The van der Waals surface area contributed by atoms with Gasteiger partial charge in [0.15, 0.2) is 0 Å². The monoisotopic (exact) mass is 490 g/mol. The van der Waals surface area contributed by atoms with Gasteiger partial charge in [-0.2, -0.15) is 0 Å². The van der Waals surface area contributed by atoms with Crippen molar-refractivity contribution in [3.8, 4) is 5.75 Å². The first-order chi connectivity index (χ1) is 16.2. The van der Waals surface area contributed by atoms with Crippen LogP contribution in [0.4, 0.5) is 11.4 Å². The second-order valence-electron chi connectivity index (χ2n) is 7.75. The van der Waals surface area contributed by atoms with Crippen LogP contribution in [0.25, 0.3) is 0 Å². The summed E-state index contributed by atoms with van der Waals surface area (Å²) in [6, 6.07) is 11.3. The average molecular weight is 491 g/mol. The molecule has 2 aromatic carbocycles. The van der Waals surface area contributed by atoms with E-state index in [-0.39, 0.29) is 17.0 Å². The van der Waals surface area contributed by atoms with Crippen LogP contribution < -0.4 is 20.3 Å². The van der Waals surface area contributed by atoms with E-state index in [0.717, 1.165) is 4.31 Å². The maximum absolute atomic E-state index is 13.1. The quantitative estimate of drug-likeness (QED) is 0.548. The van der Waals surface area contributed by atoms with Gasteiger partial charge >= 0.3 is 0 Å². The lowest BCUT2D eigenvalue weighted by Gasteiger charge is -2.30.